The largest absolute Gasteiger partial charge is 0.383 e. The average molecular weight is 270 g/mol. The van der Waals surface area contributed by atoms with E-state index in [2.05, 4.69) is 22.4 Å². The van der Waals surface area contributed by atoms with Crippen molar-refractivity contribution in [3.8, 4) is 5.69 Å². The third-order valence-electron chi connectivity index (χ3n) is 3.93. The summed E-state index contributed by atoms with van der Waals surface area (Å²) in [7, 11) is 2.00. The number of fused-ring (bicyclic) bond motifs is 1. The summed E-state index contributed by atoms with van der Waals surface area (Å²) in [5.74, 6) is 0.251. The number of aryl methyl sites for hydroxylation is 1. The molecule has 1 aliphatic rings. The van der Waals surface area contributed by atoms with Crippen molar-refractivity contribution in [2.24, 2.45) is 0 Å². The second kappa shape index (κ2) is 5.09. The van der Waals surface area contributed by atoms with Gasteiger partial charge in [0.2, 0.25) is 0 Å². The predicted molar refractivity (Wildman–Crippen MR) is 79.1 cm³/mol. The average Bonchev–Trinajstić information content (AvgIpc) is 2.46. The Hall–Kier alpha value is -2.14. The molecule has 1 unspecified atom stereocenters. The van der Waals surface area contributed by atoms with Gasteiger partial charge in [-0.25, -0.2) is 4.79 Å². The number of benzene rings is 1. The van der Waals surface area contributed by atoms with E-state index in [0.717, 1.165) is 24.9 Å². The van der Waals surface area contributed by atoms with Crippen molar-refractivity contribution in [2.45, 2.75) is 25.3 Å². The van der Waals surface area contributed by atoms with Crippen LogP contribution in [0, 0.1) is 0 Å². The molecule has 1 aromatic heterocycles. The minimum Gasteiger partial charge on any atom is -0.383 e. The molecular weight excluding hydrogens is 252 g/mol. The highest BCUT2D eigenvalue weighted by Crippen LogP contribution is 2.23. The molecule has 0 radical (unpaired) electrons. The van der Waals surface area contributed by atoms with Gasteiger partial charge in [0.15, 0.2) is 0 Å². The van der Waals surface area contributed by atoms with Crippen molar-refractivity contribution in [1.82, 2.24) is 14.9 Å². The molecule has 0 saturated heterocycles. The number of anilines is 1. The van der Waals surface area contributed by atoms with Gasteiger partial charge < -0.3 is 11.1 Å². The molecule has 1 aliphatic carbocycles. The van der Waals surface area contributed by atoms with E-state index in [1.54, 1.807) is 12.3 Å². The van der Waals surface area contributed by atoms with Crippen molar-refractivity contribution in [3.05, 3.63) is 52.1 Å². The number of likely N-dealkylation sites (N-methyl/N-ethyl adjacent to an activating group) is 1. The van der Waals surface area contributed by atoms with Gasteiger partial charge in [-0.15, -0.1) is 0 Å². The Bertz CT molecular complexity index is 693. The van der Waals surface area contributed by atoms with Crippen LogP contribution in [0.25, 0.3) is 5.69 Å². The number of nitrogens with one attached hydrogen (secondary N) is 1. The summed E-state index contributed by atoms with van der Waals surface area (Å²) in [6.45, 7) is 0. The zero-order valence-electron chi connectivity index (χ0n) is 11.5. The molecule has 1 aromatic carbocycles. The Balaban J connectivity index is 1.99. The number of hydrogen-bond acceptors (Lipinski definition) is 4. The molecule has 1 heterocycles. The van der Waals surface area contributed by atoms with Crippen molar-refractivity contribution in [3.63, 3.8) is 0 Å². The fourth-order valence-corrected chi connectivity index (χ4v) is 2.75. The van der Waals surface area contributed by atoms with E-state index < -0.39 is 0 Å². The molecule has 2 aromatic rings. The maximum absolute atomic E-state index is 11.9. The fourth-order valence-electron chi connectivity index (χ4n) is 2.75. The van der Waals surface area contributed by atoms with Gasteiger partial charge >= 0.3 is 5.69 Å². The summed E-state index contributed by atoms with van der Waals surface area (Å²) < 4.78 is 1.53. The minimum absolute atomic E-state index is 0.251. The van der Waals surface area contributed by atoms with Crippen LogP contribution in [0.1, 0.15) is 17.5 Å². The van der Waals surface area contributed by atoms with Gasteiger partial charge in [-0.3, -0.25) is 4.57 Å². The van der Waals surface area contributed by atoms with Crippen LogP contribution in [0.2, 0.25) is 0 Å². The molecule has 0 amide bonds. The van der Waals surface area contributed by atoms with E-state index in [9.17, 15) is 4.79 Å². The first-order valence-electron chi connectivity index (χ1n) is 6.82. The molecule has 5 heteroatoms. The first-order valence-corrected chi connectivity index (χ1v) is 6.82. The van der Waals surface area contributed by atoms with Crippen molar-refractivity contribution >= 4 is 5.82 Å². The highest BCUT2D eigenvalue weighted by molar-refractivity contribution is 5.43. The lowest BCUT2D eigenvalue weighted by Crippen LogP contribution is -2.31. The fraction of sp³-hybridized carbons (Fsp3) is 0.333. The Labute approximate surface area is 117 Å². The van der Waals surface area contributed by atoms with Crippen LogP contribution < -0.4 is 16.7 Å². The van der Waals surface area contributed by atoms with Gasteiger partial charge in [0.05, 0.1) is 5.69 Å². The van der Waals surface area contributed by atoms with Crippen LogP contribution in [-0.4, -0.2) is 22.6 Å². The number of nitrogens with zero attached hydrogens (tertiary/aromatic N) is 2. The zero-order chi connectivity index (χ0) is 14.1. The second-order valence-corrected chi connectivity index (χ2v) is 5.19. The number of rotatable bonds is 2. The predicted octanol–water partition coefficient (Wildman–Crippen LogP) is 0.891. The number of nitrogen functional groups attached to an aromatic ring is 1. The van der Waals surface area contributed by atoms with Crippen LogP contribution in [0.15, 0.2) is 35.3 Å². The molecule has 0 saturated carbocycles. The van der Waals surface area contributed by atoms with Gasteiger partial charge in [-0.1, -0.05) is 6.07 Å². The summed E-state index contributed by atoms with van der Waals surface area (Å²) in [6.07, 6.45) is 4.88. The zero-order valence-corrected chi connectivity index (χ0v) is 11.5. The van der Waals surface area contributed by atoms with E-state index in [1.807, 2.05) is 13.1 Å². The smallest absolute Gasteiger partial charge is 0.354 e. The minimum atomic E-state index is -0.339. The molecule has 3 N–H and O–H groups in total. The highest BCUT2D eigenvalue weighted by atomic mass is 16.1. The van der Waals surface area contributed by atoms with Gasteiger partial charge in [-0.05, 0) is 55.6 Å². The maximum Gasteiger partial charge on any atom is 0.354 e. The van der Waals surface area contributed by atoms with E-state index in [1.165, 1.54) is 15.7 Å². The molecule has 20 heavy (non-hydrogen) atoms. The third kappa shape index (κ3) is 2.32. The lowest BCUT2D eigenvalue weighted by Gasteiger charge is -2.24. The standard InChI is InChI=1S/C15H18N4O/c1-17-12-4-2-11-9-13(5-3-10(11)8-12)19-7-6-14(16)18-15(19)20/h3,5-7,9,12,17H,2,4,8H2,1H3,(H2,16,18,20). The SMILES string of the molecule is CNC1CCc2cc(-n3ccc(N)nc3=O)ccc2C1. The summed E-state index contributed by atoms with van der Waals surface area (Å²) in [5, 5.41) is 3.33. The molecule has 3 rings (SSSR count). The second-order valence-electron chi connectivity index (χ2n) is 5.19. The van der Waals surface area contributed by atoms with Crippen molar-refractivity contribution in [2.75, 3.05) is 12.8 Å². The van der Waals surface area contributed by atoms with E-state index in [4.69, 9.17) is 5.73 Å². The Morgan fingerprint density at radius 3 is 2.95 bits per heavy atom. The monoisotopic (exact) mass is 270 g/mol. The van der Waals surface area contributed by atoms with E-state index >= 15 is 0 Å². The number of hydrogen-bond donors (Lipinski definition) is 2. The Kier molecular flexibility index (Phi) is 3.28. The Morgan fingerprint density at radius 1 is 1.35 bits per heavy atom. The van der Waals surface area contributed by atoms with Crippen LogP contribution in [0.4, 0.5) is 5.82 Å². The summed E-state index contributed by atoms with van der Waals surface area (Å²) >= 11 is 0. The molecule has 1 atom stereocenters. The van der Waals surface area contributed by atoms with Crippen molar-refractivity contribution in [1.29, 1.82) is 0 Å². The highest BCUT2D eigenvalue weighted by Gasteiger charge is 2.17. The van der Waals surface area contributed by atoms with E-state index in [0.29, 0.717) is 6.04 Å². The Morgan fingerprint density at radius 2 is 2.20 bits per heavy atom. The molecule has 0 bridgehead atoms. The van der Waals surface area contributed by atoms with Gasteiger partial charge in [-0.2, -0.15) is 4.98 Å². The molecule has 0 aliphatic heterocycles. The number of nitrogens with two attached hydrogens (primary N) is 1. The quantitative estimate of drug-likeness (QED) is 0.850. The summed E-state index contributed by atoms with van der Waals surface area (Å²) in [5.41, 5.74) is 8.70. The molecule has 0 fully saturated rings. The molecule has 104 valence electrons. The topological polar surface area (TPSA) is 72.9 Å². The summed E-state index contributed by atoms with van der Waals surface area (Å²) in [6, 6.07) is 8.35. The lowest BCUT2D eigenvalue weighted by atomic mass is 9.88. The molecular formula is C15H18N4O. The number of aromatic nitrogens is 2. The van der Waals surface area contributed by atoms with Gasteiger partial charge in [0.1, 0.15) is 5.82 Å². The van der Waals surface area contributed by atoms with Crippen LogP contribution in [0.3, 0.4) is 0 Å². The van der Waals surface area contributed by atoms with Gasteiger partial charge in [0.25, 0.3) is 0 Å². The van der Waals surface area contributed by atoms with Crippen LogP contribution in [0.5, 0.6) is 0 Å². The summed E-state index contributed by atoms with van der Waals surface area (Å²) in [4.78, 5) is 15.6. The molecule has 5 nitrogen and oxygen atoms in total. The van der Waals surface area contributed by atoms with E-state index in [-0.39, 0.29) is 11.5 Å². The van der Waals surface area contributed by atoms with Crippen molar-refractivity contribution < 1.29 is 0 Å². The van der Waals surface area contributed by atoms with Crippen LogP contribution in [-0.2, 0) is 12.8 Å². The molecule has 0 spiro atoms. The first kappa shape index (κ1) is 12.9. The maximum atomic E-state index is 11.9. The normalized spacial score (nSPS) is 17.8. The first-order chi connectivity index (χ1) is 9.67. The van der Waals surface area contributed by atoms with Crippen LogP contribution >= 0.6 is 0 Å². The van der Waals surface area contributed by atoms with Gasteiger partial charge in [0, 0.05) is 12.2 Å². The lowest BCUT2D eigenvalue weighted by molar-refractivity contribution is 0.496. The third-order valence-corrected chi connectivity index (χ3v) is 3.93.